The number of halogens is 3. The Hall–Kier alpha value is -7.03. The largest absolute Gasteiger partial charge is 0.491 e. The van der Waals surface area contributed by atoms with Crippen LogP contribution >= 0.6 is 0 Å². The summed E-state index contributed by atoms with van der Waals surface area (Å²) in [5, 5.41) is 16.1. The maximum absolute atomic E-state index is 14.0. The predicted molar refractivity (Wildman–Crippen MR) is 236 cm³/mol. The number of carboxylic acids is 1. The molecule has 0 aliphatic rings. The van der Waals surface area contributed by atoms with E-state index in [1.165, 1.54) is 0 Å². The number of carbonyl (C=O) groups excluding carboxylic acids is 3. The quantitative estimate of drug-likeness (QED) is 0.112. The highest BCUT2D eigenvalue weighted by Gasteiger charge is 2.38. The van der Waals surface area contributed by atoms with Gasteiger partial charge in [0, 0.05) is 52.4 Å². The summed E-state index contributed by atoms with van der Waals surface area (Å²) >= 11 is 0. The first-order valence-electron chi connectivity index (χ1n) is 20.7. The molecule has 6 rings (SSSR count). The van der Waals surface area contributed by atoms with Gasteiger partial charge in [-0.15, -0.1) is 0 Å². The summed E-state index contributed by atoms with van der Waals surface area (Å²) < 4.78 is 49.2. The van der Waals surface area contributed by atoms with Gasteiger partial charge in [0.15, 0.2) is 0 Å². The number of hydrogen-bond donors (Lipinski definition) is 2. The molecule has 65 heavy (non-hydrogen) atoms. The lowest BCUT2D eigenvalue weighted by Gasteiger charge is -2.15. The van der Waals surface area contributed by atoms with Crippen molar-refractivity contribution in [3.05, 3.63) is 99.3 Å². The highest BCUT2D eigenvalue weighted by atomic mass is 19.4. The van der Waals surface area contributed by atoms with Crippen molar-refractivity contribution in [1.82, 2.24) is 42.7 Å². The molecule has 18 nitrogen and oxygen atoms in total. The zero-order chi connectivity index (χ0) is 48.1. The van der Waals surface area contributed by atoms with Crippen LogP contribution in [0.5, 0.6) is 5.75 Å². The standard InChI is InChI=1S/C42H54N12O4.C2HF3O2/c1-11-53-34(20-28(5)46-53)39(56)44-41-49(9)31-16-13-14-17-32(31)51(41)24-26(3)27(4)25-52-37-33(22-30(38(43)55)23-36(37)58-19-15-18-48(7)8)50(10)42(52)45-40(57)35-21-29(6)47-54(35)12-2;3-2(4,5)1(6)7/h13-14,16-17,20-23H,11-12,15,18-19,24-25H2,1-10H3,(H2,43,55);(H,6,7)/b27-26+,44-41+,45-42+;. The topological polar surface area (TPSA) is 207 Å². The van der Waals surface area contributed by atoms with Gasteiger partial charge in [-0.2, -0.15) is 33.4 Å². The number of imidazole rings is 2. The molecule has 3 amide bonds. The maximum atomic E-state index is 14.0. The molecule has 2 aromatic carbocycles. The number of benzene rings is 2. The molecule has 0 spiro atoms. The highest BCUT2D eigenvalue weighted by Crippen LogP contribution is 2.29. The van der Waals surface area contributed by atoms with Crippen LogP contribution in [-0.4, -0.2) is 105 Å². The van der Waals surface area contributed by atoms with Gasteiger partial charge in [-0.3, -0.25) is 23.7 Å². The van der Waals surface area contributed by atoms with Gasteiger partial charge < -0.3 is 38.7 Å². The third-order valence-electron chi connectivity index (χ3n) is 10.6. The molecule has 0 bridgehead atoms. The third-order valence-corrected chi connectivity index (χ3v) is 10.6. The molecule has 4 aromatic heterocycles. The average molecular weight is 905 g/mol. The first-order chi connectivity index (χ1) is 30.6. The Balaban J connectivity index is 0.00000105. The van der Waals surface area contributed by atoms with Crippen LogP contribution in [0.3, 0.4) is 0 Å². The van der Waals surface area contributed by atoms with Crippen LogP contribution in [0.25, 0.3) is 22.1 Å². The van der Waals surface area contributed by atoms with Gasteiger partial charge in [-0.25, -0.2) is 4.79 Å². The van der Waals surface area contributed by atoms with E-state index in [4.69, 9.17) is 25.4 Å². The summed E-state index contributed by atoms with van der Waals surface area (Å²) in [6, 6.07) is 14.8. The number of allylic oxidation sites excluding steroid dienone is 2. The van der Waals surface area contributed by atoms with E-state index in [9.17, 15) is 27.6 Å². The van der Waals surface area contributed by atoms with Crippen LogP contribution in [0.2, 0.25) is 0 Å². The molecule has 0 fully saturated rings. The Morgan fingerprint density at radius 3 is 1.74 bits per heavy atom. The highest BCUT2D eigenvalue weighted by molar-refractivity contribution is 5.99. The zero-order valence-corrected chi connectivity index (χ0v) is 38.2. The van der Waals surface area contributed by atoms with Gasteiger partial charge in [0.2, 0.25) is 17.1 Å². The Labute approximate surface area is 372 Å². The van der Waals surface area contributed by atoms with Crippen LogP contribution in [0, 0.1) is 13.8 Å². The van der Waals surface area contributed by atoms with E-state index < -0.39 is 24.0 Å². The Morgan fingerprint density at radius 2 is 1.26 bits per heavy atom. The molecule has 21 heteroatoms. The van der Waals surface area contributed by atoms with Crippen molar-refractivity contribution >= 4 is 45.8 Å². The Bertz CT molecular complexity index is 2960. The molecule has 3 N–H and O–H groups in total. The van der Waals surface area contributed by atoms with Crippen LogP contribution < -0.4 is 21.7 Å². The van der Waals surface area contributed by atoms with Gasteiger partial charge in [0.25, 0.3) is 11.8 Å². The molecule has 4 heterocycles. The van der Waals surface area contributed by atoms with Crippen LogP contribution in [0.1, 0.15) is 76.8 Å². The number of ether oxygens (including phenoxy) is 1. The number of aryl methyl sites for hydroxylation is 6. The maximum Gasteiger partial charge on any atom is 0.490 e. The van der Waals surface area contributed by atoms with Crippen molar-refractivity contribution in [3.8, 4) is 5.75 Å². The minimum Gasteiger partial charge on any atom is -0.491 e. The van der Waals surface area contributed by atoms with Crippen molar-refractivity contribution in [2.75, 3.05) is 27.2 Å². The second kappa shape index (κ2) is 20.2. The number of hydrogen-bond acceptors (Lipinski definition) is 8. The number of aliphatic carboxylic acids is 1. The fourth-order valence-corrected chi connectivity index (χ4v) is 7.23. The van der Waals surface area contributed by atoms with Crippen LogP contribution in [-0.2, 0) is 45.1 Å². The molecule has 0 radical (unpaired) electrons. The molecule has 0 aliphatic heterocycles. The summed E-state index contributed by atoms with van der Waals surface area (Å²) in [4.78, 5) is 60.6. The number of primary amides is 1. The van der Waals surface area contributed by atoms with Gasteiger partial charge in [0.05, 0.1) is 34.5 Å². The number of nitrogens with two attached hydrogens (primary N) is 1. The molecule has 0 saturated carbocycles. The van der Waals surface area contributed by atoms with E-state index in [0.29, 0.717) is 77.9 Å². The summed E-state index contributed by atoms with van der Waals surface area (Å²) in [6.07, 6.45) is -4.34. The lowest BCUT2D eigenvalue weighted by atomic mass is 10.1. The van der Waals surface area contributed by atoms with Crippen molar-refractivity contribution in [3.63, 3.8) is 0 Å². The van der Waals surface area contributed by atoms with E-state index in [0.717, 1.165) is 40.8 Å². The monoisotopic (exact) mass is 904 g/mol. The summed E-state index contributed by atoms with van der Waals surface area (Å²) in [6.45, 7) is 14.6. The Kier molecular flexibility index (Phi) is 15.2. The van der Waals surface area contributed by atoms with Crippen molar-refractivity contribution < 1.29 is 42.2 Å². The number of carboxylic acid groups (broad SMARTS) is 1. The molecule has 348 valence electrons. The fourth-order valence-electron chi connectivity index (χ4n) is 7.23. The van der Waals surface area contributed by atoms with Crippen molar-refractivity contribution in [1.29, 1.82) is 0 Å². The van der Waals surface area contributed by atoms with Crippen LogP contribution in [0.15, 0.2) is 69.7 Å². The number of nitrogens with zero attached hydrogens (tertiary/aromatic N) is 11. The molecular weight excluding hydrogens is 850 g/mol. The van der Waals surface area contributed by atoms with E-state index in [1.807, 2.05) is 108 Å². The van der Waals surface area contributed by atoms with Gasteiger partial charge in [-0.1, -0.05) is 23.3 Å². The first kappa shape index (κ1) is 49.0. The molecule has 0 saturated heterocycles. The van der Waals surface area contributed by atoms with Gasteiger partial charge in [0.1, 0.15) is 22.7 Å². The number of fused-ring (bicyclic) bond motifs is 2. The average Bonchev–Trinajstić information content (AvgIpc) is 3.97. The molecule has 0 unspecified atom stereocenters. The Morgan fingerprint density at radius 1 is 0.785 bits per heavy atom. The zero-order valence-electron chi connectivity index (χ0n) is 38.2. The molecule has 0 atom stereocenters. The second-order valence-corrected chi connectivity index (χ2v) is 15.8. The first-order valence-corrected chi connectivity index (χ1v) is 20.7. The number of para-hydroxylation sites is 2. The minimum absolute atomic E-state index is 0.277. The molecular formula is C44H55F3N12O6. The number of carbonyl (C=O) groups is 4. The number of amides is 3. The van der Waals surface area contributed by atoms with E-state index in [2.05, 4.69) is 20.1 Å². The van der Waals surface area contributed by atoms with Crippen LogP contribution in [0.4, 0.5) is 13.2 Å². The van der Waals surface area contributed by atoms with E-state index in [1.54, 1.807) is 38.2 Å². The normalized spacial score (nSPS) is 12.8. The molecule has 0 aliphatic carbocycles. The summed E-state index contributed by atoms with van der Waals surface area (Å²) in [5.41, 5.74) is 14.3. The SMILES string of the molecule is CCn1nc(C)cc1C(=O)/N=c1\n(C)c2ccccc2n1C/C(C)=C(\C)Cn1/c(=N/C(=O)c2cc(C)nn2CC)n(C)c2cc(C(N)=O)cc(OCCCN(C)C)c21.O=C(O)C(F)(F)F. The second-order valence-electron chi connectivity index (χ2n) is 15.8. The fraction of sp³-hybridized carbons (Fsp3) is 0.409. The van der Waals surface area contributed by atoms with Gasteiger partial charge in [-0.05, 0) is 98.5 Å². The van der Waals surface area contributed by atoms with E-state index in [-0.39, 0.29) is 11.5 Å². The number of alkyl halides is 3. The minimum atomic E-state index is -5.08. The van der Waals surface area contributed by atoms with E-state index >= 15 is 0 Å². The van der Waals surface area contributed by atoms with Crippen molar-refractivity contribution in [2.45, 2.75) is 80.3 Å². The third kappa shape index (κ3) is 11.0. The molecule has 6 aromatic rings. The summed E-state index contributed by atoms with van der Waals surface area (Å²) in [7, 11) is 7.71. The number of rotatable bonds is 14. The van der Waals surface area contributed by atoms with Gasteiger partial charge >= 0.3 is 12.1 Å². The summed E-state index contributed by atoms with van der Waals surface area (Å²) in [5.74, 6) is -3.73. The lowest BCUT2D eigenvalue weighted by Crippen LogP contribution is -2.28. The lowest BCUT2D eigenvalue weighted by molar-refractivity contribution is -0.192. The number of aromatic nitrogens is 8. The smallest absolute Gasteiger partial charge is 0.490 e. The predicted octanol–water partition coefficient (Wildman–Crippen LogP) is 4.90. The van der Waals surface area contributed by atoms with Crippen molar-refractivity contribution in [2.24, 2.45) is 29.8 Å².